The van der Waals surface area contributed by atoms with Crippen LogP contribution in [0.25, 0.3) is 22.9 Å². The van der Waals surface area contributed by atoms with Gasteiger partial charge in [-0.2, -0.15) is 0 Å². The van der Waals surface area contributed by atoms with Gasteiger partial charge in [0.15, 0.2) is 11.6 Å². The van der Waals surface area contributed by atoms with E-state index in [4.69, 9.17) is 9.15 Å². The van der Waals surface area contributed by atoms with Crippen molar-refractivity contribution in [2.45, 2.75) is 51.3 Å². The molecule has 1 aliphatic carbocycles. The average molecular weight is 488 g/mol. The lowest BCUT2D eigenvalue weighted by molar-refractivity contribution is 0.143. The summed E-state index contributed by atoms with van der Waals surface area (Å²) >= 11 is 0. The van der Waals surface area contributed by atoms with Gasteiger partial charge in [0, 0.05) is 23.2 Å². The summed E-state index contributed by atoms with van der Waals surface area (Å²) in [6.07, 6.45) is 2.30. The zero-order valence-corrected chi connectivity index (χ0v) is 20.5. The number of rotatable bonds is 8. The molecule has 3 aromatic carbocycles. The molecule has 186 valence electrons. The normalized spacial score (nSPS) is 17.2. The van der Waals surface area contributed by atoms with Crippen LogP contribution in [0.5, 0.6) is 5.75 Å². The first kappa shape index (κ1) is 24.2. The molecule has 1 atom stereocenters. The number of fused-ring (bicyclic) bond motifs is 1. The Bertz CT molecular complexity index is 1340. The number of nitrogens with one attached hydrogen (secondary N) is 1. The zero-order valence-electron chi connectivity index (χ0n) is 20.5. The summed E-state index contributed by atoms with van der Waals surface area (Å²) in [4.78, 5) is 0. The SMILES string of the molecule is CC(C)Oc1ccc(-c2nnc(-c3ccc4c(c3)C[C@@](CO)(NCc3ccccc3)CC4)o2)cc1F. The predicted octanol–water partition coefficient (Wildman–Crippen LogP) is 5.34. The van der Waals surface area contributed by atoms with E-state index in [0.29, 0.717) is 24.4 Å². The van der Waals surface area contributed by atoms with Crippen molar-refractivity contribution in [2.75, 3.05) is 6.61 Å². The van der Waals surface area contributed by atoms with Gasteiger partial charge in [0.25, 0.3) is 0 Å². The van der Waals surface area contributed by atoms with Gasteiger partial charge < -0.3 is 19.6 Å². The van der Waals surface area contributed by atoms with Gasteiger partial charge in [0.1, 0.15) is 0 Å². The third-order valence-corrected chi connectivity index (χ3v) is 6.63. The minimum atomic E-state index is -0.474. The summed E-state index contributed by atoms with van der Waals surface area (Å²) in [6, 6.07) is 20.9. The van der Waals surface area contributed by atoms with Crippen LogP contribution in [0.15, 0.2) is 71.1 Å². The molecule has 0 radical (unpaired) electrons. The highest BCUT2D eigenvalue weighted by Gasteiger charge is 2.33. The topological polar surface area (TPSA) is 80.4 Å². The highest BCUT2D eigenvalue weighted by molar-refractivity contribution is 5.60. The molecule has 1 heterocycles. The predicted molar refractivity (Wildman–Crippen MR) is 136 cm³/mol. The van der Waals surface area contributed by atoms with Gasteiger partial charge in [0.05, 0.1) is 12.7 Å². The lowest BCUT2D eigenvalue weighted by atomic mass is 9.77. The standard InChI is InChI=1S/C29H30FN3O3/c1-19(2)35-26-11-10-23(15-25(26)30)28-33-32-27(36-28)22-9-8-21-12-13-29(18-34,16-24(21)14-22)31-17-20-6-4-3-5-7-20/h3-11,14-15,19,31,34H,12-13,16-18H2,1-2H3/t29-/m0/s1. The van der Waals surface area contributed by atoms with Crippen LogP contribution < -0.4 is 10.1 Å². The molecular formula is C29H30FN3O3. The average Bonchev–Trinajstić information content (AvgIpc) is 3.39. The molecule has 4 aromatic rings. The number of hydrogen-bond donors (Lipinski definition) is 2. The minimum absolute atomic E-state index is 0.0519. The van der Waals surface area contributed by atoms with Crippen molar-refractivity contribution in [3.05, 3.63) is 89.2 Å². The van der Waals surface area contributed by atoms with E-state index in [1.807, 2.05) is 38.1 Å². The summed E-state index contributed by atoms with van der Waals surface area (Å²) in [5, 5.41) is 22.3. The molecule has 0 amide bonds. The Labute approximate surface area is 210 Å². The highest BCUT2D eigenvalue weighted by Crippen LogP contribution is 2.33. The van der Waals surface area contributed by atoms with Crippen molar-refractivity contribution >= 4 is 0 Å². The molecule has 6 nitrogen and oxygen atoms in total. The number of ether oxygens (including phenoxy) is 1. The Kier molecular flexibility index (Phi) is 6.85. The quantitative estimate of drug-likeness (QED) is 0.349. The second-order valence-corrected chi connectivity index (χ2v) is 9.66. The van der Waals surface area contributed by atoms with Crippen LogP contribution in [0.1, 0.15) is 37.0 Å². The van der Waals surface area contributed by atoms with Gasteiger partial charge in [-0.1, -0.05) is 36.4 Å². The molecule has 2 N–H and O–H groups in total. The molecule has 0 saturated heterocycles. The van der Waals surface area contributed by atoms with E-state index in [9.17, 15) is 9.50 Å². The summed E-state index contributed by atoms with van der Waals surface area (Å²) in [5.41, 5.74) is 4.48. The van der Waals surface area contributed by atoms with Gasteiger partial charge in [-0.25, -0.2) is 4.39 Å². The Hall–Kier alpha value is -3.55. The summed E-state index contributed by atoms with van der Waals surface area (Å²) < 4.78 is 25.8. The number of aliphatic hydroxyl groups is 1. The van der Waals surface area contributed by atoms with Crippen LogP contribution in [0.4, 0.5) is 4.39 Å². The molecule has 0 unspecified atom stereocenters. The number of nitrogens with zero attached hydrogens (tertiary/aromatic N) is 2. The lowest BCUT2D eigenvalue weighted by Crippen LogP contribution is -2.52. The summed E-state index contributed by atoms with van der Waals surface area (Å²) in [6.45, 7) is 4.44. The maximum Gasteiger partial charge on any atom is 0.248 e. The smallest absolute Gasteiger partial charge is 0.248 e. The van der Waals surface area contributed by atoms with Crippen molar-refractivity contribution in [3.63, 3.8) is 0 Å². The zero-order chi connectivity index (χ0) is 25.1. The van der Waals surface area contributed by atoms with Gasteiger partial charge in [-0.15, -0.1) is 10.2 Å². The molecule has 5 rings (SSSR count). The van der Waals surface area contributed by atoms with Crippen LogP contribution in [-0.2, 0) is 19.4 Å². The van der Waals surface area contributed by atoms with Gasteiger partial charge in [-0.3, -0.25) is 0 Å². The van der Waals surface area contributed by atoms with Gasteiger partial charge in [0.2, 0.25) is 11.8 Å². The van der Waals surface area contributed by atoms with E-state index in [-0.39, 0.29) is 24.4 Å². The first-order valence-electron chi connectivity index (χ1n) is 12.3. The van der Waals surface area contributed by atoms with Crippen LogP contribution in [0.2, 0.25) is 0 Å². The number of aromatic nitrogens is 2. The first-order chi connectivity index (χ1) is 17.4. The van der Waals surface area contributed by atoms with Crippen LogP contribution in [0, 0.1) is 5.82 Å². The van der Waals surface area contributed by atoms with Gasteiger partial charge >= 0.3 is 0 Å². The largest absolute Gasteiger partial charge is 0.488 e. The van der Waals surface area contributed by atoms with E-state index >= 15 is 0 Å². The Balaban J connectivity index is 1.35. The second-order valence-electron chi connectivity index (χ2n) is 9.66. The third kappa shape index (κ3) is 5.17. The summed E-state index contributed by atoms with van der Waals surface area (Å²) in [7, 11) is 0. The molecule has 1 aliphatic rings. The number of benzene rings is 3. The second kappa shape index (κ2) is 10.2. The molecule has 7 heteroatoms. The van der Waals surface area contributed by atoms with E-state index in [1.165, 1.54) is 17.2 Å². The van der Waals surface area contributed by atoms with Crippen LogP contribution >= 0.6 is 0 Å². The first-order valence-corrected chi connectivity index (χ1v) is 12.3. The van der Waals surface area contributed by atoms with E-state index in [2.05, 4.69) is 39.8 Å². The number of halogens is 1. The molecule has 1 aromatic heterocycles. The molecular weight excluding hydrogens is 457 g/mol. The number of hydrogen-bond acceptors (Lipinski definition) is 6. The van der Waals surface area contributed by atoms with Crippen LogP contribution in [0.3, 0.4) is 0 Å². The monoisotopic (exact) mass is 487 g/mol. The van der Waals surface area contributed by atoms with E-state index in [1.54, 1.807) is 12.1 Å². The van der Waals surface area contributed by atoms with E-state index < -0.39 is 11.4 Å². The molecule has 36 heavy (non-hydrogen) atoms. The third-order valence-electron chi connectivity index (χ3n) is 6.63. The number of aliphatic hydroxyl groups excluding tert-OH is 1. The molecule has 0 spiro atoms. The van der Waals surface area contributed by atoms with Crippen molar-refractivity contribution in [1.29, 1.82) is 0 Å². The van der Waals surface area contributed by atoms with Crippen molar-refractivity contribution < 1.29 is 18.7 Å². The van der Waals surface area contributed by atoms with Crippen molar-refractivity contribution in [2.24, 2.45) is 0 Å². The number of aryl methyl sites for hydroxylation is 1. The maximum atomic E-state index is 14.5. The fraction of sp³-hybridized carbons (Fsp3) is 0.310. The highest BCUT2D eigenvalue weighted by atomic mass is 19.1. The molecule has 0 saturated carbocycles. The van der Waals surface area contributed by atoms with Crippen LogP contribution in [-0.4, -0.2) is 33.6 Å². The molecule has 0 bridgehead atoms. The summed E-state index contributed by atoms with van der Waals surface area (Å²) in [5.74, 6) is 0.328. The van der Waals surface area contributed by atoms with Gasteiger partial charge in [-0.05, 0) is 80.1 Å². The molecule has 0 fully saturated rings. The van der Waals surface area contributed by atoms with Crippen molar-refractivity contribution in [3.8, 4) is 28.7 Å². The Morgan fingerprint density at radius 1 is 1.00 bits per heavy atom. The Morgan fingerprint density at radius 3 is 2.42 bits per heavy atom. The molecule has 0 aliphatic heterocycles. The van der Waals surface area contributed by atoms with Crippen molar-refractivity contribution in [1.82, 2.24) is 15.5 Å². The van der Waals surface area contributed by atoms with E-state index in [0.717, 1.165) is 24.0 Å². The minimum Gasteiger partial charge on any atom is -0.488 e. The lowest BCUT2D eigenvalue weighted by Gasteiger charge is -2.38. The maximum absolute atomic E-state index is 14.5. The Morgan fingerprint density at radius 2 is 1.72 bits per heavy atom. The fourth-order valence-corrected chi connectivity index (χ4v) is 4.66. The fourth-order valence-electron chi connectivity index (χ4n) is 4.66.